The maximum Gasteiger partial charge on any atom is 0.242 e. The van der Waals surface area contributed by atoms with Crippen LogP contribution in [-0.2, 0) is 14.8 Å². The van der Waals surface area contributed by atoms with E-state index in [4.69, 9.17) is 15.2 Å². The number of nitrogen functional groups attached to an aromatic ring is 1. The first-order valence-electron chi connectivity index (χ1n) is 7.08. The number of anilines is 1. The number of hydrogen-bond donors (Lipinski definition) is 2. The van der Waals surface area contributed by atoms with Gasteiger partial charge in [0.05, 0.1) is 18.9 Å². The Morgan fingerprint density at radius 1 is 1.43 bits per heavy atom. The van der Waals surface area contributed by atoms with Gasteiger partial charge in [0.15, 0.2) is 0 Å². The van der Waals surface area contributed by atoms with E-state index in [2.05, 4.69) is 4.72 Å². The first-order chi connectivity index (χ1) is 10.0. The standard InChI is InChI=1S/C14H22N2O4S/c1-19-12-5-6-14(13(15)10-12)21(17,18)16-8-7-11-4-2-3-9-20-11/h5-6,10-11,16H,2-4,7-9,15H2,1H3. The average molecular weight is 314 g/mol. The minimum atomic E-state index is -3.60. The number of hydrogen-bond acceptors (Lipinski definition) is 5. The molecule has 1 aliphatic rings. The highest BCUT2D eigenvalue weighted by atomic mass is 32.2. The fraction of sp³-hybridized carbons (Fsp3) is 0.571. The van der Waals surface area contributed by atoms with Gasteiger partial charge in [-0.15, -0.1) is 0 Å². The predicted octanol–water partition coefficient (Wildman–Crippen LogP) is 1.51. The number of methoxy groups -OCH3 is 1. The molecule has 7 heteroatoms. The van der Waals surface area contributed by atoms with Crippen LogP contribution >= 0.6 is 0 Å². The topological polar surface area (TPSA) is 90.7 Å². The van der Waals surface area contributed by atoms with Gasteiger partial charge in [0.25, 0.3) is 0 Å². The molecule has 1 atom stereocenters. The highest BCUT2D eigenvalue weighted by molar-refractivity contribution is 7.89. The second-order valence-electron chi connectivity index (χ2n) is 5.08. The van der Waals surface area contributed by atoms with Crippen molar-refractivity contribution in [2.45, 2.75) is 36.7 Å². The number of benzene rings is 1. The molecule has 21 heavy (non-hydrogen) atoms. The highest BCUT2D eigenvalue weighted by Gasteiger charge is 2.19. The third-order valence-corrected chi connectivity index (χ3v) is 5.07. The molecular formula is C14H22N2O4S. The number of nitrogens with two attached hydrogens (primary N) is 1. The minimum absolute atomic E-state index is 0.0767. The second-order valence-corrected chi connectivity index (χ2v) is 6.81. The molecular weight excluding hydrogens is 292 g/mol. The molecule has 1 aliphatic heterocycles. The molecule has 0 saturated carbocycles. The van der Waals surface area contributed by atoms with Crippen LogP contribution in [0.4, 0.5) is 5.69 Å². The van der Waals surface area contributed by atoms with Crippen molar-refractivity contribution in [3.63, 3.8) is 0 Å². The van der Waals surface area contributed by atoms with Gasteiger partial charge in [-0.25, -0.2) is 13.1 Å². The lowest BCUT2D eigenvalue weighted by Crippen LogP contribution is -2.30. The summed E-state index contributed by atoms with van der Waals surface area (Å²) in [4.78, 5) is 0.0767. The Balaban J connectivity index is 1.94. The molecule has 0 aliphatic carbocycles. The summed E-state index contributed by atoms with van der Waals surface area (Å²) in [5, 5.41) is 0. The largest absolute Gasteiger partial charge is 0.497 e. The van der Waals surface area contributed by atoms with Crippen molar-refractivity contribution >= 4 is 15.7 Å². The number of nitrogens with one attached hydrogen (secondary N) is 1. The second kappa shape index (κ2) is 7.11. The first-order valence-corrected chi connectivity index (χ1v) is 8.56. The van der Waals surface area contributed by atoms with E-state index in [0.29, 0.717) is 18.7 Å². The molecule has 6 nitrogen and oxygen atoms in total. The first kappa shape index (κ1) is 16.1. The summed E-state index contributed by atoms with van der Waals surface area (Å²) in [6.45, 7) is 1.11. The highest BCUT2D eigenvalue weighted by Crippen LogP contribution is 2.23. The Morgan fingerprint density at radius 3 is 2.86 bits per heavy atom. The van der Waals surface area contributed by atoms with Crippen LogP contribution in [0, 0.1) is 0 Å². The molecule has 1 fully saturated rings. The molecule has 1 heterocycles. The Labute approximate surface area is 125 Å². The third kappa shape index (κ3) is 4.33. The summed E-state index contributed by atoms with van der Waals surface area (Å²) in [6, 6.07) is 4.53. The summed E-state index contributed by atoms with van der Waals surface area (Å²) >= 11 is 0. The minimum Gasteiger partial charge on any atom is -0.497 e. The maximum atomic E-state index is 12.2. The molecule has 2 rings (SSSR count). The van der Waals surface area contributed by atoms with E-state index in [-0.39, 0.29) is 16.7 Å². The fourth-order valence-corrected chi connectivity index (χ4v) is 3.52. The van der Waals surface area contributed by atoms with E-state index in [1.54, 1.807) is 6.07 Å². The van der Waals surface area contributed by atoms with E-state index in [1.165, 1.54) is 19.2 Å². The zero-order valence-corrected chi connectivity index (χ0v) is 13.0. The van der Waals surface area contributed by atoms with Crippen LogP contribution in [0.15, 0.2) is 23.1 Å². The lowest BCUT2D eigenvalue weighted by atomic mass is 10.1. The van der Waals surface area contributed by atoms with Crippen molar-refractivity contribution in [3.8, 4) is 5.75 Å². The summed E-state index contributed by atoms with van der Waals surface area (Å²) in [5.41, 5.74) is 5.95. The molecule has 0 amide bonds. The lowest BCUT2D eigenvalue weighted by molar-refractivity contribution is 0.0123. The van der Waals surface area contributed by atoms with E-state index in [0.717, 1.165) is 25.9 Å². The summed E-state index contributed by atoms with van der Waals surface area (Å²) in [5.74, 6) is 0.530. The zero-order valence-electron chi connectivity index (χ0n) is 12.2. The number of sulfonamides is 1. The molecule has 0 spiro atoms. The monoisotopic (exact) mass is 314 g/mol. The van der Waals surface area contributed by atoms with Crippen LogP contribution in [0.5, 0.6) is 5.75 Å². The summed E-state index contributed by atoms with van der Waals surface area (Å²) in [6.07, 6.45) is 4.05. The van der Waals surface area contributed by atoms with Crippen molar-refractivity contribution in [2.24, 2.45) is 0 Å². The molecule has 1 unspecified atom stereocenters. The molecule has 118 valence electrons. The SMILES string of the molecule is COc1ccc(S(=O)(=O)NCCC2CCCCO2)c(N)c1. The van der Waals surface area contributed by atoms with Crippen LogP contribution in [0.3, 0.4) is 0 Å². The van der Waals surface area contributed by atoms with Crippen LogP contribution in [0.1, 0.15) is 25.7 Å². The van der Waals surface area contributed by atoms with Gasteiger partial charge in [-0.3, -0.25) is 0 Å². The van der Waals surface area contributed by atoms with Gasteiger partial charge in [-0.05, 0) is 37.8 Å². The molecule has 1 aromatic rings. The van der Waals surface area contributed by atoms with Crippen molar-refractivity contribution < 1.29 is 17.9 Å². The van der Waals surface area contributed by atoms with Gasteiger partial charge in [-0.1, -0.05) is 0 Å². The lowest BCUT2D eigenvalue weighted by Gasteiger charge is -2.22. The van der Waals surface area contributed by atoms with Crippen LogP contribution in [0.25, 0.3) is 0 Å². The van der Waals surface area contributed by atoms with Gasteiger partial charge >= 0.3 is 0 Å². The van der Waals surface area contributed by atoms with Crippen LogP contribution in [-0.4, -0.2) is 34.8 Å². The van der Waals surface area contributed by atoms with Crippen molar-refractivity contribution in [2.75, 3.05) is 26.0 Å². The van der Waals surface area contributed by atoms with Gasteiger partial charge in [0.2, 0.25) is 10.0 Å². The summed E-state index contributed by atoms with van der Waals surface area (Å²) in [7, 11) is -2.10. The van der Waals surface area contributed by atoms with Gasteiger partial charge < -0.3 is 15.2 Å². The van der Waals surface area contributed by atoms with Crippen LogP contribution < -0.4 is 15.2 Å². The van der Waals surface area contributed by atoms with E-state index >= 15 is 0 Å². The van der Waals surface area contributed by atoms with Crippen LogP contribution in [0.2, 0.25) is 0 Å². The summed E-state index contributed by atoms with van der Waals surface area (Å²) < 4.78 is 37.6. The quantitative estimate of drug-likeness (QED) is 0.777. The average Bonchev–Trinajstić information content (AvgIpc) is 2.47. The van der Waals surface area contributed by atoms with Gasteiger partial charge in [-0.2, -0.15) is 0 Å². The van der Waals surface area contributed by atoms with Gasteiger partial charge in [0.1, 0.15) is 10.6 Å². The predicted molar refractivity (Wildman–Crippen MR) is 80.8 cm³/mol. The number of ether oxygens (including phenoxy) is 2. The Bertz CT molecular complexity index is 568. The smallest absolute Gasteiger partial charge is 0.242 e. The Kier molecular flexibility index (Phi) is 5.44. The zero-order chi connectivity index (χ0) is 15.3. The third-order valence-electron chi connectivity index (χ3n) is 3.54. The number of rotatable bonds is 6. The van der Waals surface area contributed by atoms with E-state index < -0.39 is 10.0 Å². The molecule has 1 saturated heterocycles. The molecule has 0 aromatic heterocycles. The van der Waals surface area contributed by atoms with Crippen molar-refractivity contribution in [3.05, 3.63) is 18.2 Å². The van der Waals surface area contributed by atoms with Gasteiger partial charge in [0, 0.05) is 19.2 Å². The molecule has 1 aromatic carbocycles. The van der Waals surface area contributed by atoms with E-state index in [1.807, 2.05) is 0 Å². The van der Waals surface area contributed by atoms with E-state index in [9.17, 15) is 8.42 Å². The Hall–Kier alpha value is -1.31. The van der Waals surface area contributed by atoms with Crippen molar-refractivity contribution in [1.29, 1.82) is 0 Å². The molecule has 0 bridgehead atoms. The normalized spacial score (nSPS) is 19.4. The molecule has 0 radical (unpaired) electrons. The Morgan fingerprint density at radius 2 is 2.24 bits per heavy atom. The van der Waals surface area contributed by atoms with Crippen molar-refractivity contribution in [1.82, 2.24) is 4.72 Å². The fourth-order valence-electron chi connectivity index (χ4n) is 2.37. The maximum absolute atomic E-state index is 12.2. The molecule has 3 N–H and O–H groups in total.